The van der Waals surface area contributed by atoms with Crippen LogP contribution in [0.15, 0.2) is 36.4 Å². The lowest BCUT2D eigenvalue weighted by Crippen LogP contribution is -2.27. The molecule has 0 amide bonds. The lowest BCUT2D eigenvalue weighted by Gasteiger charge is -2.30. The highest BCUT2D eigenvalue weighted by Crippen LogP contribution is 2.46. The topological polar surface area (TPSA) is 67.8 Å². The average Bonchev–Trinajstić information content (AvgIpc) is 2.70. The van der Waals surface area contributed by atoms with Gasteiger partial charge in [0.05, 0.1) is 6.29 Å². The first-order valence-corrected chi connectivity index (χ1v) is 12.9. The van der Waals surface area contributed by atoms with E-state index < -0.39 is 7.60 Å². The van der Waals surface area contributed by atoms with E-state index in [0.717, 1.165) is 22.3 Å². The first-order chi connectivity index (χ1) is 14.7. The van der Waals surface area contributed by atoms with Crippen LogP contribution in [0.1, 0.15) is 69.8 Å². The van der Waals surface area contributed by atoms with E-state index in [1.807, 2.05) is 36.4 Å². The van der Waals surface area contributed by atoms with E-state index >= 15 is 0 Å². The Morgan fingerprint density at radius 2 is 1.44 bits per heavy atom. The summed E-state index contributed by atoms with van der Waals surface area (Å²) in [7, 11) is -0.478. The van der Waals surface area contributed by atoms with Crippen LogP contribution >= 0.6 is 19.2 Å². The minimum atomic E-state index is -3.25. The number of aromatic hydroxyl groups is 1. The Balaban J connectivity index is 2.60. The van der Waals surface area contributed by atoms with Crippen LogP contribution in [0, 0.1) is 0 Å². The van der Waals surface area contributed by atoms with Gasteiger partial charge in [0.15, 0.2) is 0 Å². The van der Waals surface area contributed by atoms with Crippen molar-refractivity contribution in [2.75, 3.05) is 20.5 Å². The Hall–Kier alpha value is -1.36. The molecule has 0 aliphatic carbocycles. The smallest absolute Gasteiger partial charge is 0.343 e. The van der Waals surface area contributed by atoms with Crippen LogP contribution in [0.25, 0.3) is 0 Å². The number of halogens is 1. The summed E-state index contributed by atoms with van der Waals surface area (Å²) in [5.41, 5.74) is 3.35. The minimum Gasteiger partial charge on any atom is -0.507 e. The molecule has 0 saturated heterocycles. The molecule has 0 bridgehead atoms. The summed E-state index contributed by atoms with van der Waals surface area (Å²) >= 11 is 6.07. The number of benzene rings is 2. The highest BCUT2D eigenvalue weighted by Gasteiger charge is 2.29. The van der Waals surface area contributed by atoms with Crippen LogP contribution in [0.3, 0.4) is 0 Å². The van der Waals surface area contributed by atoms with Gasteiger partial charge in [-0.1, -0.05) is 65.3 Å². The van der Waals surface area contributed by atoms with Crippen LogP contribution in [0.4, 0.5) is 0 Å². The molecule has 5 nitrogen and oxygen atoms in total. The van der Waals surface area contributed by atoms with Crippen molar-refractivity contribution in [3.63, 3.8) is 0 Å². The quantitative estimate of drug-likeness (QED) is 0.399. The molecule has 0 radical (unpaired) electrons. The predicted octanol–water partition coefficient (Wildman–Crippen LogP) is 6.96. The molecule has 2 aromatic rings. The summed E-state index contributed by atoms with van der Waals surface area (Å²) in [6, 6.07) is 11.6. The number of hydrogen-bond acceptors (Lipinski definition) is 5. The maximum absolute atomic E-state index is 12.7. The number of rotatable bonds is 8. The van der Waals surface area contributed by atoms with Crippen molar-refractivity contribution in [3.05, 3.63) is 63.7 Å². The third-order valence-electron chi connectivity index (χ3n) is 5.59. The van der Waals surface area contributed by atoms with Crippen molar-refractivity contribution < 1.29 is 18.7 Å². The summed E-state index contributed by atoms with van der Waals surface area (Å²) in [6.07, 6.45) is 0.706. The molecular formula is C25H37ClNO4P. The molecule has 2 rings (SSSR count). The lowest BCUT2D eigenvalue weighted by atomic mass is 9.77. The van der Waals surface area contributed by atoms with E-state index in [2.05, 4.69) is 46.9 Å². The summed E-state index contributed by atoms with van der Waals surface area (Å²) in [4.78, 5) is 0. The van der Waals surface area contributed by atoms with E-state index in [-0.39, 0.29) is 23.2 Å². The minimum absolute atomic E-state index is 0.0643. The van der Waals surface area contributed by atoms with Crippen molar-refractivity contribution in [1.29, 1.82) is 0 Å². The molecule has 0 fully saturated rings. The first kappa shape index (κ1) is 26.9. The molecule has 0 saturated carbocycles. The Morgan fingerprint density at radius 1 is 0.969 bits per heavy atom. The van der Waals surface area contributed by atoms with Gasteiger partial charge in [-0.15, -0.1) is 0 Å². The largest absolute Gasteiger partial charge is 0.507 e. The Bertz CT molecular complexity index is 918. The average molecular weight is 482 g/mol. The molecule has 0 spiro atoms. The monoisotopic (exact) mass is 481 g/mol. The van der Waals surface area contributed by atoms with E-state index in [1.54, 1.807) is 0 Å². The SMILES string of the molecule is COP(=O)(CNC(Cc1ccc(Cl)cc1)c1cc(C(C)(C)C)c(O)c(C(C)(C)C)c1)OC. The van der Waals surface area contributed by atoms with Crippen LogP contribution < -0.4 is 5.32 Å². The highest BCUT2D eigenvalue weighted by molar-refractivity contribution is 7.53. The van der Waals surface area contributed by atoms with E-state index in [0.29, 0.717) is 17.2 Å². The fourth-order valence-electron chi connectivity index (χ4n) is 3.59. The summed E-state index contributed by atoms with van der Waals surface area (Å²) < 4.78 is 23.0. The van der Waals surface area contributed by atoms with E-state index in [1.165, 1.54) is 14.2 Å². The van der Waals surface area contributed by atoms with Gasteiger partial charge in [-0.2, -0.15) is 0 Å². The molecule has 2 aromatic carbocycles. The zero-order valence-corrected chi connectivity index (χ0v) is 22.1. The summed E-state index contributed by atoms with van der Waals surface area (Å²) in [5.74, 6) is 0.332. The zero-order valence-electron chi connectivity index (χ0n) is 20.5. The maximum Gasteiger partial charge on any atom is 0.343 e. The lowest BCUT2D eigenvalue weighted by molar-refractivity contribution is 0.271. The normalized spacial score (nSPS) is 13.9. The standard InChI is InChI=1S/C25H37ClNO4P/c1-24(2,3)20-14-18(15-21(23(20)28)25(4,5)6)22(27-16-32(29,30-7)31-8)13-17-9-11-19(26)12-10-17/h9-12,14-15,22,27-28H,13,16H2,1-8H3. The Morgan fingerprint density at radius 3 is 1.84 bits per heavy atom. The molecule has 1 atom stereocenters. The molecule has 0 aromatic heterocycles. The van der Waals surface area contributed by atoms with Gasteiger partial charge >= 0.3 is 7.60 Å². The molecule has 0 heterocycles. The van der Waals surface area contributed by atoms with Crippen LogP contribution in [0.2, 0.25) is 5.02 Å². The van der Waals surface area contributed by atoms with Gasteiger partial charge in [0, 0.05) is 25.3 Å². The van der Waals surface area contributed by atoms with Gasteiger partial charge in [-0.05, 0) is 63.8 Å². The first-order valence-electron chi connectivity index (χ1n) is 10.8. The Kier molecular flexibility index (Phi) is 8.63. The van der Waals surface area contributed by atoms with Gasteiger partial charge in [0.2, 0.25) is 0 Å². The summed E-state index contributed by atoms with van der Waals surface area (Å²) in [5, 5.41) is 15.2. The number of nitrogens with one attached hydrogen (secondary N) is 1. The third kappa shape index (κ3) is 6.82. The van der Waals surface area contributed by atoms with Crippen molar-refractivity contribution in [1.82, 2.24) is 5.32 Å². The second kappa shape index (κ2) is 10.3. The molecule has 2 N–H and O–H groups in total. The van der Waals surface area contributed by atoms with Crippen molar-refractivity contribution in [2.45, 2.75) is 64.8 Å². The van der Waals surface area contributed by atoms with Gasteiger partial charge in [0.1, 0.15) is 5.75 Å². The van der Waals surface area contributed by atoms with Crippen LogP contribution in [0.5, 0.6) is 5.75 Å². The second-order valence-corrected chi connectivity index (χ2v) is 12.9. The fraction of sp³-hybridized carbons (Fsp3) is 0.520. The molecule has 7 heteroatoms. The van der Waals surface area contributed by atoms with Crippen LogP contribution in [-0.2, 0) is 30.9 Å². The fourth-order valence-corrected chi connectivity index (χ4v) is 4.57. The zero-order chi connectivity index (χ0) is 24.3. The van der Waals surface area contributed by atoms with Gasteiger partial charge < -0.3 is 14.2 Å². The summed E-state index contributed by atoms with van der Waals surface area (Å²) in [6.45, 7) is 12.5. The molecule has 0 aliphatic rings. The second-order valence-electron chi connectivity index (χ2n) is 10.2. The molecule has 32 heavy (non-hydrogen) atoms. The number of phenolic OH excluding ortho intramolecular Hbond substituents is 1. The van der Waals surface area contributed by atoms with Crippen molar-refractivity contribution in [3.8, 4) is 5.75 Å². The number of phenols is 1. The maximum atomic E-state index is 12.7. The number of hydrogen-bond donors (Lipinski definition) is 2. The van der Waals surface area contributed by atoms with Gasteiger partial charge in [0.25, 0.3) is 0 Å². The van der Waals surface area contributed by atoms with Gasteiger partial charge in [-0.3, -0.25) is 9.88 Å². The van der Waals surface area contributed by atoms with E-state index in [4.69, 9.17) is 20.6 Å². The van der Waals surface area contributed by atoms with E-state index in [9.17, 15) is 9.67 Å². The van der Waals surface area contributed by atoms with Gasteiger partial charge in [-0.25, -0.2) is 0 Å². The Labute approximate surface area is 198 Å². The molecule has 178 valence electrons. The predicted molar refractivity (Wildman–Crippen MR) is 133 cm³/mol. The molecule has 1 unspecified atom stereocenters. The molecule has 0 aliphatic heterocycles. The van der Waals surface area contributed by atoms with Crippen molar-refractivity contribution in [2.24, 2.45) is 0 Å². The van der Waals surface area contributed by atoms with Crippen LogP contribution in [-0.4, -0.2) is 25.6 Å². The highest BCUT2D eigenvalue weighted by atomic mass is 35.5. The molecular weight excluding hydrogens is 445 g/mol. The van der Waals surface area contributed by atoms with Crippen molar-refractivity contribution >= 4 is 19.2 Å². The third-order valence-corrected chi connectivity index (χ3v) is 7.53.